The van der Waals surface area contributed by atoms with E-state index in [2.05, 4.69) is 76.2 Å². The lowest BCUT2D eigenvalue weighted by molar-refractivity contribution is -0.345. The van der Waals surface area contributed by atoms with Crippen LogP contribution in [0, 0.1) is 0 Å². The first kappa shape index (κ1) is 31.1. The van der Waals surface area contributed by atoms with Crippen molar-refractivity contribution in [3.63, 3.8) is 0 Å². The number of hydrogen-bond donors (Lipinski definition) is 0. The average Bonchev–Trinajstić information content (AvgIpc) is 3.20. The van der Waals surface area contributed by atoms with Gasteiger partial charge in [0.1, 0.15) is 0 Å². The van der Waals surface area contributed by atoms with Crippen LogP contribution in [-0.2, 0) is 12.8 Å². The van der Waals surface area contributed by atoms with Crippen LogP contribution in [0.4, 0.5) is 0 Å². The molecule has 39 heavy (non-hydrogen) atoms. The molecule has 3 rings (SSSR count). The van der Waals surface area contributed by atoms with Crippen molar-refractivity contribution in [2.45, 2.75) is 137 Å². The van der Waals surface area contributed by atoms with Crippen LogP contribution in [0.25, 0.3) is 16.9 Å². The van der Waals surface area contributed by atoms with Gasteiger partial charge in [-0.1, -0.05) is 116 Å². The van der Waals surface area contributed by atoms with Gasteiger partial charge in [-0.25, -0.2) is 4.70 Å². The summed E-state index contributed by atoms with van der Waals surface area (Å²) >= 11 is 0. The first-order valence-corrected chi connectivity index (χ1v) is 16.2. The molecule has 1 aliphatic heterocycles. The molecule has 0 spiro atoms. The zero-order chi connectivity index (χ0) is 27.9. The van der Waals surface area contributed by atoms with Crippen molar-refractivity contribution in [3.8, 4) is 0 Å². The fourth-order valence-electron chi connectivity index (χ4n) is 5.98. The van der Waals surface area contributed by atoms with Crippen LogP contribution in [0.5, 0.6) is 0 Å². The van der Waals surface area contributed by atoms with Crippen LogP contribution in [0.1, 0.15) is 146 Å². The molecule has 2 nitrogen and oxygen atoms in total. The molecule has 0 amide bonds. The molecule has 2 heteroatoms. The zero-order valence-electron chi connectivity index (χ0n) is 25.5. The molecule has 2 aromatic carbocycles. The highest BCUT2D eigenvalue weighted by atomic mass is 15.2. The Hall–Kier alpha value is -2.48. The molecular weight excluding hydrogens is 472 g/mol. The Morgan fingerprint density at radius 1 is 0.538 bits per heavy atom. The second-order valence-electron chi connectivity index (χ2n) is 11.7. The third-order valence-corrected chi connectivity index (χ3v) is 8.34. The molecule has 0 N–H and O–H groups in total. The zero-order valence-corrected chi connectivity index (χ0v) is 25.5. The van der Waals surface area contributed by atoms with Crippen molar-refractivity contribution >= 4 is 11.4 Å². The van der Waals surface area contributed by atoms with E-state index in [9.17, 15) is 5.53 Å². The SMILES string of the molecule is CCCCCCCCc1cccc(C2=C(C)C(CCCC)=C(c3cccc(CCCCCCCC)c3)[N+]2=[N-])c1. The fourth-order valence-corrected chi connectivity index (χ4v) is 5.98. The molecule has 0 aliphatic carbocycles. The summed E-state index contributed by atoms with van der Waals surface area (Å²) in [6, 6.07) is 17.8. The summed E-state index contributed by atoms with van der Waals surface area (Å²) in [6.45, 7) is 9.00. The van der Waals surface area contributed by atoms with E-state index in [4.69, 9.17) is 0 Å². The Labute approximate surface area is 240 Å². The lowest BCUT2D eigenvalue weighted by Crippen LogP contribution is -2.03. The maximum Gasteiger partial charge on any atom is 0.211 e. The van der Waals surface area contributed by atoms with Crippen LogP contribution in [0.2, 0.25) is 0 Å². The molecular formula is C37H54N2. The Morgan fingerprint density at radius 3 is 1.51 bits per heavy atom. The maximum atomic E-state index is 11.7. The highest BCUT2D eigenvalue weighted by molar-refractivity contribution is 5.81. The monoisotopic (exact) mass is 526 g/mol. The third kappa shape index (κ3) is 9.30. The first-order chi connectivity index (χ1) is 19.1. The van der Waals surface area contributed by atoms with Crippen molar-refractivity contribution in [1.29, 1.82) is 0 Å². The fraction of sp³-hybridized carbons (Fsp3) is 0.568. The molecule has 0 atom stereocenters. The summed E-state index contributed by atoms with van der Waals surface area (Å²) in [5.74, 6) is 0. The molecule has 0 aromatic heterocycles. The molecule has 2 aromatic rings. The summed E-state index contributed by atoms with van der Waals surface area (Å²) < 4.78 is 1.51. The number of allylic oxidation sites excluding steroid dienone is 2. The lowest BCUT2D eigenvalue weighted by Gasteiger charge is -2.12. The second-order valence-corrected chi connectivity index (χ2v) is 11.7. The van der Waals surface area contributed by atoms with Crippen molar-refractivity contribution < 1.29 is 4.70 Å². The van der Waals surface area contributed by atoms with Crippen molar-refractivity contribution in [2.24, 2.45) is 0 Å². The second kappa shape index (κ2) is 17.3. The van der Waals surface area contributed by atoms with Gasteiger partial charge < -0.3 is 5.53 Å². The van der Waals surface area contributed by atoms with Gasteiger partial charge in [0.2, 0.25) is 11.4 Å². The number of aryl methyl sites for hydroxylation is 2. The summed E-state index contributed by atoms with van der Waals surface area (Å²) in [5.41, 5.74) is 21.2. The molecule has 1 heterocycles. The summed E-state index contributed by atoms with van der Waals surface area (Å²) in [6.07, 6.45) is 21.3. The lowest BCUT2D eigenvalue weighted by atomic mass is 9.95. The molecule has 212 valence electrons. The molecule has 0 saturated carbocycles. The van der Waals surface area contributed by atoms with Gasteiger partial charge in [0.05, 0.1) is 0 Å². The van der Waals surface area contributed by atoms with E-state index >= 15 is 0 Å². The topological polar surface area (TPSA) is 25.3 Å². The molecule has 0 saturated heterocycles. The van der Waals surface area contributed by atoms with E-state index in [1.807, 2.05) is 0 Å². The minimum absolute atomic E-state index is 0.960. The van der Waals surface area contributed by atoms with Gasteiger partial charge >= 0.3 is 0 Å². The Bertz CT molecular complexity index is 1100. The minimum Gasteiger partial charge on any atom is -0.493 e. The van der Waals surface area contributed by atoms with Gasteiger partial charge in [-0.15, -0.1) is 0 Å². The molecule has 0 unspecified atom stereocenters. The largest absolute Gasteiger partial charge is 0.493 e. The standard InChI is InChI=1S/C37H54N2/c1-5-8-11-13-15-17-21-31-23-19-25-33(28-31)36-30(4)35(27-10-7-3)37(39(36)38)34-26-20-24-32(29-34)22-18-16-14-12-9-6-2/h19-20,23-26,28-29H,5-18,21-22,27H2,1-4H3. The molecule has 0 bridgehead atoms. The van der Waals surface area contributed by atoms with Crippen LogP contribution >= 0.6 is 0 Å². The highest BCUT2D eigenvalue weighted by Crippen LogP contribution is 2.42. The van der Waals surface area contributed by atoms with Crippen LogP contribution in [0.15, 0.2) is 59.7 Å². The van der Waals surface area contributed by atoms with Crippen molar-refractivity contribution in [3.05, 3.63) is 87.5 Å². The summed E-state index contributed by atoms with van der Waals surface area (Å²) in [5, 5.41) is 0. The smallest absolute Gasteiger partial charge is 0.211 e. The van der Waals surface area contributed by atoms with E-state index in [1.54, 1.807) is 0 Å². The van der Waals surface area contributed by atoms with E-state index in [0.717, 1.165) is 54.6 Å². The van der Waals surface area contributed by atoms with Gasteiger partial charge in [0, 0.05) is 22.3 Å². The summed E-state index contributed by atoms with van der Waals surface area (Å²) in [7, 11) is 0. The first-order valence-electron chi connectivity index (χ1n) is 16.2. The summed E-state index contributed by atoms with van der Waals surface area (Å²) in [4.78, 5) is 0. The minimum atomic E-state index is 0.960. The normalized spacial score (nSPS) is 13.7. The van der Waals surface area contributed by atoms with Crippen molar-refractivity contribution in [1.82, 2.24) is 0 Å². The van der Waals surface area contributed by atoms with Gasteiger partial charge in [0.15, 0.2) is 0 Å². The van der Waals surface area contributed by atoms with E-state index in [1.165, 1.54) is 104 Å². The van der Waals surface area contributed by atoms with Crippen molar-refractivity contribution in [2.75, 3.05) is 0 Å². The van der Waals surface area contributed by atoms with E-state index < -0.39 is 0 Å². The third-order valence-electron chi connectivity index (χ3n) is 8.34. The van der Waals surface area contributed by atoms with Gasteiger partial charge in [-0.3, -0.25) is 0 Å². The Kier molecular flexibility index (Phi) is 13.7. The number of hydrogen-bond acceptors (Lipinski definition) is 0. The Balaban J connectivity index is 1.76. The van der Waals surface area contributed by atoms with E-state index in [0.29, 0.717) is 0 Å². The van der Waals surface area contributed by atoms with Gasteiger partial charge in [-0.05, 0) is 80.8 Å². The molecule has 0 radical (unpaired) electrons. The van der Waals surface area contributed by atoms with E-state index in [-0.39, 0.29) is 0 Å². The Morgan fingerprint density at radius 2 is 1.00 bits per heavy atom. The number of benzene rings is 2. The van der Waals surface area contributed by atoms with Crippen LogP contribution in [0.3, 0.4) is 0 Å². The van der Waals surface area contributed by atoms with Gasteiger partial charge in [0.25, 0.3) is 0 Å². The predicted molar refractivity (Wildman–Crippen MR) is 170 cm³/mol. The predicted octanol–water partition coefficient (Wildman–Crippen LogP) is 11.9. The number of nitrogens with zero attached hydrogens (tertiary/aromatic N) is 2. The molecule has 0 fully saturated rings. The number of unbranched alkanes of at least 4 members (excludes halogenated alkanes) is 11. The molecule has 1 aliphatic rings. The quantitative estimate of drug-likeness (QED) is 0.128. The van der Waals surface area contributed by atoms with Gasteiger partial charge in [-0.2, -0.15) is 0 Å². The van der Waals surface area contributed by atoms with Crippen LogP contribution < -0.4 is 0 Å². The highest BCUT2D eigenvalue weighted by Gasteiger charge is 2.33. The van der Waals surface area contributed by atoms with Crippen LogP contribution in [-0.4, -0.2) is 4.70 Å². The number of rotatable bonds is 19. The average molecular weight is 527 g/mol. The maximum absolute atomic E-state index is 11.7.